The first-order valence-corrected chi connectivity index (χ1v) is 4.78. The fraction of sp³-hybridized carbons (Fsp3) is 0.455. The van der Waals surface area contributed by atoms with E-state index in [0.717, 1.165) is 5.69 Å². The Hall–Kier alpha value is -1.18. The van der Waals surface area contributed by atoms with E-state index in [1.54, 1.807) is 12.1 Å². The van der Waals surface area contributed by atoms with Crippen molar-refractivity contribution in [2.24, 2.45) is 0 Å². The molecule has 0 aliphatic rings. The molecule has 2 nitrogen and oxygen atoms in total. The molecule has 13 heavy (non-hydrogen) atoms. The van der Waals surface area contributed by atoms with Crippen LogP contribution in [0.15, 0.2) is 24.3 Å². The Morgan fingerprint density at radius 2 is 1.92 bits per heavy atom. The highest BCUT2D eigenvalue weighted by atomic mass is 16.3. The molecular weight excluding hydrogens is 162 g/mol. The lowest BCUT2D eigenvalue weighted by atomic mass is 10.2. The van der Waals surface area contributed by atoms with Gasteiger partial charge in [0.2, 0.25) is 0 Å². The van der Waals surface area contributed by atoms with Crippen LogP contribution in [0.25, 0.3) is 0 Å². The van der Waals surface area contributed by atoms with Crippen molar-refractivity contribution in [1.29, 1.82) is 0 Å². The average molecular weight is 179 g/mol. The van der Waals surface area contributed by atoms with E-state index in [1.165, 1.54) is 12.8 Å². The Morgan fingerprint density at radius 1 is 1.31 bits per heavy atom. The van der Waals surface area contributed by atoms with E-state index in [4.69, 9.17) is 5.11 Å². The number of benzene rings is 1. The summed E-state index contributed by atoms with van der Waals surface area (Å²) in [6.07, 6.45) is 2.35. The molecule has 1 unspecified atom stereocenters. The van der Waals surface area contributed by atoms with Gasteiger partial charge < -0.3 is 10.4 Å². The van der Waals surface area contributed by atoms with E-state index in [0.29, 0.717) is 11.8 Å². The Morgan fingerprint density at radius 3 is 2.46 bits per heavy atom. The Bertz CT molecular complexity index is 243. The summed E-state index contributed by atoms with van der Waals surface area (Å²) in [4.78, 5) is 0. The molecule has 0 fully saturated rings. The van der Waals surface area contributed by atoms with Crippen LogP contribution in [0.1, 0.15) is 26.7 Å². The SMILES string of the molecule is CCCC(C)Nc1ccc(O)cc1. The van der Waals surface area contributed by atoms with E-state index < -0.39 is 0 Å². The van der Waals surface area contributed by atoms with Crippen LogP contribution >= 0.6 is 0 Å². The number of hydrogen-bond acceptors (Lipinski definition) is 2. The van der Waals surface area contributed by atoms with Crippen molar-refractivity contribution in [3.05, 3.63) is 24.3 Å². The molecule has 2 N–H and O–H groups in total. The van der Waals surface area contributed by atoms with E-state index in [9.17, 15) is 0 Å². The number of hydrogen-bond donors (Lipinski definition) is 2. The predicted molar refractivity (Wildman–Crippen MR) is 56.1 cm³/mol. The van der Waals surface area contributed by atoms with Gasteiger partial charge in [-0.15, -0.1) is 0 Å². The summed E-state index contributed by atoms with van der Waals surface area (Å²) < 4.78 is 0. The molecule has 0 bridgehead atoms. The van der Waals surface area contributed by atoms with Gasteiger partial charge >= 0.3 is 0 Å². The molecule has 1 aromatic carbocycles. The van der Waals surface area contributed by atoms with Crippen molar-refractivity contribution >= 4 is 5.69 Å². The largest absolute Gasteiger partial charge is 0.508 e. The minimum atomic E-state index is 0.314. The number of phenolic OH excluding ortho intramolecular Hbond substituents is 1. The minimum absolute atomic E-state index is 0.314. The predicted octanol–water partition coefficient (Wildman–Crippen LogP) is 2.99. The lowest BCUT2D eigenvalue weighted by molar-refractivity contribution is 0.475. The van der Waals surface area contributed by atoms with Crippen LogP contribution in [0.2, 0.25) is 0 Å². The molecule has 0 heterocycles. The third kappa shape index (κ3) is 3.36. The van der Waals surface area contributed by atoms with Crippen LogP contribution in [-0.4, -0.2) is 11.1 Å². The van der Waals surface area contributed by atoms with Gasteiger partial charge in [0.15, 0.2) is 0 Å². The minimum Gasteiger partial charge on any atom is -0.508 e. The molecule has 1 atom stereocenters. The lowest BCUT2D eigenvalue weighted by Crippen LogP contribution is -2.14. The van der Waals surface area contributed by atoms with Crippen molar-refractivity contribution < 1.29 is 5.11 Å². The fourth-order valence-corrected chi connectivity index (χ4v) is 1.35. The van der Waals surface area contributed by atoms with Gasteiger partial charge in [0, 0.05) is 11.7 Å². The van der Waals surface area contributed by atoms with Crippen molar-refractivity contribution in [2.75, 3.05) is 5.32 Å². The van der Waals surface area contributed by atoms with Gasteiger partial charge in [0.1, 0.15) is 5.75 Å². The second kappa shape index (κ2) is 4.75. The van der Waals surface area contributed by atoms with Crippen molar-refractivity contribution in [1.82, 2.24) is 0 Å². The molecule has 0 aliphatic heterocycles. The van der Waals surface area contributed by atoms with Gasteiger partial charge in [0.05, 0.1) is 0 Å². The van der Waals surface area contributed by atoms with Gasteiger partial charge in [-0.1, -0.05) is 13.3 Å². The van der Waals surface area contributed by atoms with Gasteiger partial charge in [0.25, 0.3) is 0 Å². The van der Waals surface area contributed by atoms with E-state index >= 15 is 0 Å². The summed E-state index contributed by atoms with van der Waals surface area (Å²) >= 11 is 0. The summed E-state index contributed by atoms with van der Waals surface area (Å²) in [5, 5.41) is 12.4. The van der Waals surface area contributed by atoms with Crippen molar-refractivity contribution in [3.63, 3.8) is 0 Å². The van der Waals surface area contributed by atoms with Gasteiger partial charge in [-0.05, 0) is 37.6 Å². The molecular formula is C11H17NO. The summed E-state index contributed by atoms with van der Waals surface area (Å²) in [7, 11) is 0. The maximum Gasteiger partial charge on any atom is 0.115 e. The Labute approximate surface area is 79.6 Å². The summed E-state index contributed by atoms with van der Waals surface area (Å²) in [5.41, 5.74) is 1.07. The first-order valence-electron chi connectivity index (χ1n) is 4.78. The summed E-state index contributed by atoms with van der Waals surface area (Å²) in [6.45, 7) is 4.34. The molecule has 0 saturated carbocycles. The summed E-state index contributed by atoms with van der Waals surface area (Å²) in [5.74, 6) is 0.314. The number of rotatable bonds is 4. The zero-order chi connectivity index (χ0) is 9.68. The zero-order valence-corrected chi connectivity index (χ0v) is 8.25. The van der Waals surface area contributed by atoms with Crippen LogP contribution < -0.4 is 5.32 Å². The highest BCUT2D eigenvalue weighted by molar-refractivity contribution is 5.46. The molecule has 0 spiro atoms. The van der Waals surface area contributed by atoms with Gasteiger partial charge in [-0.25, -0.2) is 0 Å². The molecule has 72 valence electrons. The summed E-state index contributed by atoms with van der Waals surface area (Å²) in [6, 6.07) is 7.67. The van der Waals surface area contributed by atoms with E-state index in [2.05, 4.69) is 19.2 Å². The maximum atomic E-state index is 9.07. The van der Waals surface area contributed by atoms with E-state index in [-0.39, 0.29) is 0 Å². The first kappa shape index (κ1) is 9.90. The molecule has 2 heteroatoms. The molecule has 1 aromatic rings. The van der Waals surface area contributed by atoms with Crippen LogP contribution in [0.5, 0.6) is 5.75 Å². The number of aromatic hydroxyl groups is 1. The van der Waals surface area contributed by atoms with Crippen molar-refractivity contribution in [2.45, 2.75) is 32.7 Å². The smallest absolute Gasteiger partial charge is 0.115 e. The van der Waals surface area contributed by atoms with Crippen LogP contribution in [0.3, 0.4) is 0 Å². The maximum absolute atomic E-state index is 9.07. The van der Waals surface area contributed by atoms with Crippen LogP contribution in [-0.2, 0) is 0 Å². The molecule has 0 aromatic heterocycles. The topological polar surface area (TPSA) is 32.3 Å². The van der Waals surface area contributed by atoms with Crippen LogP contribution in [0.4, 0.5) is 5.69 Å². The third-order valence-electron chi connectivity index (χ3n) is 2.00. The van der Waals surface area contributed by atoms with E-state index in [1.807, 2.05) is 12.1 Å². The number of anilines is 1. The molecule has 0 aliphatic carbocycles. The average Bonchev–Trinajstić information content (AvgIpc) is 2.09. The number of nitrogens with one attached hydrogen (secondary N) is 1. The van der Waals surface area contributed by atoms with Crippen LogP contribution in [0, 0.1) is 0 Å². The quantitative estimate of drug-likeness (QED) is 0.696. The molecule has 0 amide bonds. The first-order chi connectivity index (χ1) is 6.22. The van der Waals surface area contributed by atoms with Gasteiger partial charge in [-0.3, -0.25) is 0 Å². The highest BCUT2D eigenvalue weighted by Gasteiger charge is 1.99. The van der Waals surface area contributed by atoms with Crippen molar-refractivity contribution in [3.8, 4) is 5.75 Å². The number of phenols is 1. The molecule has 1 rings (SSSR count). The standard InChI is InChI=1S/C11H17NO/c1-3-4-9(2)12-10-5-7-11(13)8-6-10/h5-9,12-13H,3-4H2,1-2H3. The Kier molecular flexibility index (Phi) is 3.62. The molecule has 0 radical (unpaired) electrons. The monoisotopic (exact) mass is 179 g/mol. The lowest BCUT2D eigenvalue weighted by Gasteiger charge is -2.13. The third-order valence-corrected chi connectivity index (χ3v) is 2.00. The second-order valence-electron chi connectivity index (χ2n) is 3.38. The zero-order valence-electron chi connectivity index (χ0n) is 8.25. The van der Waals surface area contributed by atoms with Gasteiger partial charge in [-0.2, -0.15) is 0 Å². The highest BCUT2D eigenvalue weighted by Crippen LogP contribution is 2.15. The second-order valence-corrected chi connectivity index (χ2v) is 3.38. The fourth-order valence-electron chi connectivity index (χ4n) is 1.35. The molecule has 0 saturated heterocycles. The Balaban J connectivity index is 2.49. The normalized spacial score (nSPS) is 12.5.